The van der Waals surface area contributed by atoms with Crippen LogP contribution in [0.2, 0.25) is 0 Å². The number of rotatable bonds is 10. The predicted octanol–water partition coefficient (Wildman–Crippen LogP) is 6.32. The first-order chi connectivity index (χ1) is 31.3. The third-order valence-electron chi connectivity index (χ3n) is 21.5. The molecule has 10 nitrogen and oxygen atoms in total. The molecule has 10 rings (SSSR count). The van der Waals surface area contributed by atoms with E-state index in [4.69, 9.17) is 4.74 Å². The summed E-state index contributed by atoms with van der Waals surface area (Å²) in [4.78, 5) is 28.4. The van der Waals surface area contributed by atoms with Crippen LogP contribution in [0.3, 0.4) is 0 Å². The molecule has 7 fully saturated rings. The van der Waals surface area contributed by atoms with Crippen LogP contribution in [0.4, 0.5) is 0 Å². The van der Waals surface area contributed by atoms with Crippen LogP contribution in [0.1, 0.15) is 153 Å². The molecule has 7 saturated carbocycles. The van der Waals surface area contributed by atoms with Crippen molar-refractivity contribution in [2.75, 3.05) is 13.7 Å². The number of hydrogen-bond donors (Lipinski definition) is 7. The largest absolute Gasteiger partial charge is 0.454 e. The van der Waals surface area contributed by atoms with Crippen LogP contribution in [-0.4, -0.2) is 91.6 Å². The van der Waals surface area contributed by atoms with Gasteiger partial charge in [-0.1, -0.05) is 82.8 Å². The molecule has 1 aromatic carbocycles. The summed E-state index contributed by atoms with van der Waals surface area (Å²) in [5, 5.41) is 81.8. The van der Waals surface area contributed by atoms with Crippen molar-refractivity contribution in [1.82, 2.24) is 5.32 Å². The van der Waals surface area contributed by atoms with Crippen LogP contribution in [0.25, 0.3) is 0 Å². The molecule has 1 spiro atoms. The molecule has 10 heteroatoms. The summed E-state index contributed by atoms with van der Waals surface area (Å²) in [5.41, 5.74) is -5.72. The van der Waals surface area contributed by atoms with E-state index >= 15 is 0 Å². The van der Waals surface area contributed by atoms with E-state index in [1.54, 1.807) is 6.08 Å². The lowest BCUT2D eigenvalue weighted by atomic mass is 9.34. The molecule has 356 valence electrons. The summed E-state index contributed by atoms with van der Waals surface area (Å²) in [6.45, 7) is 4.04. The molecule has 65 heavy (non-hydrogen) atoms. The van der Waals surface area contributed by atoms with Crippen LogP contribution in [-0.2, 0) is 27.4 Å². The highest BCUT2D eigenvalue weighted by molar-refractivity contribution is 5.87. The van der Waals surface area contributed by atoms with Gasteiger partial charge in [-0.3, -0.25) is 0 Å². The Labute approximate surface area is 386 Å². The quantitative estimate of drug-likeness (QED) is 0.0609. The maximum atomic E-state index is 14.7. The first-order valence-corrected chi connectivity index (χ1v) is 26.0. The van der Waals surface area contributed by atoms with Gasteiger partial charge in [-0.05, 0) is 142 Å². The minimum atomic E-state index is -1.85. The molecule has 0 radical (unpaired) electrons. The third-order valence-corrected chi connectivity index (χ3v) is 21.5. The molecular formula is C55H77NO9. The number of unbranched alkanes of at least 4 members (excludes halogenated alkanes) is 2. The maximum Gasteiger partial charge on any atom is 0.331 e. The molecule has 17 unspecified atom stereocenters. The molecular weight excluding hydrogens is 819 g/mol. The van der Waals surface area contributed by atoms with Gasteiger partial charge in [0.15, 0.2) is 0 Å². The van der Waals surface area contributed by atoms with Crippen LogP contribution in [0.15, 0.2) is 29.8 Å². The summed E-state index contributed by atoms with van der Waals surface area (Å²) in [6, 6.07) is 5.59. The van der Waals surface area contributed by atoms with Crippen molar-refractivity contribution < 1.29 is 45.0 Å². The van der Waals surface area contributed by atoms with E-state index in [-0.39, 0.29) is 62.2 Å². The van der Waals surface area contributed by atoms with Crippen LogP contribution < -0.4 is 5.32 Å². The van der Waals surface area contributed by atoms with Crippen LogP contribution in [0.5, 0.6) is 0 Å². The second-order valence-corrected chi connectivity index (χ2v) is 23.3. The predicted molar refractivity (Wildman–Crippen MR) is 246 cm³/mol. The number of fused-ring (bicyclic) bond motifs is 7. The van der Waals surface area contributed by atoms with Gasteiger partial charge in [0, 0.05) is 52.7 Å². The third kappa shape index (κ3) is 6.16. The Balaban J connectivity index is 1.16. The van der Waals surface area contributed by atoms with Crippen molar-refractivity contribution in [2.24, 2.45) is 69.5 Å². The number of aldehydes is 1. The SMILES string of the molecule is CCCCCC1CC2(C=O)C3CCC45CCC#Cc6cccc(CO)c6CC(NC)C6CC(CC4(O)C3(O)CC3CC(C(C)C4CCCC4)CCC(C1O)C32O)C5(CO)C1=CC(=O)OC16. The number of hydrogen-bond acceptors (Lipinski definition) is 10. The topological polar surface area (TPSA) is 177 Å². The fourth-order valence-corrected chi connectivity index (χ4v) is 18.7. The molecule has 0 aromatic heterocycles. The lowest BCUT2D eigenvalue weighted by molar-refractivity contribution is -0.352. The number of benzene rings is 1. The highest BCUT2D eigenvalue weighted by Crippen LogP contribution is 2.81. The maximum absolute atomic E-state index is 14.7. The normalized spacial score (nSPS) is 46.8. The van der Waals surface area contributed by atoms with Crippen molar-refractivity contribution in [3.05, 3.63) is 46.5 Å². The van der Waals surface area contributed by atoms with Crippen molar-refractivity contribution in [3.63, 3.8) is 0 Å². The first-order valence-electron chi connectivity index (χ1n) is 26.0. The zero-order valence-corrected chi connectivity index (χ0v) is 39.3. The van der Waals surface area contributed by atoms with Crippen molar-refractivity contribution in [3.8, 4) is 11.8 Å². The van der Waals surface area contributed by atoms with E-state index in [1.807, 2.05) is 25.2 Å². The van der Waals surface area contributed by atoms with Crippen molar-refractivity contribution >= 4 is 12.3 Å². The second kappa shape index (κ2) is 16.8. The van der Waals surface area contributed by atoms with E-state index in [1.165, 1.54) is 25.7 Å². The molecule has 1 aromatic rings. The zero-order valence-electron chi connectivity index (χ0n) is 39.3. The van der Waals surface area contributed by atoms with Gasteiger partial charge in [-0.15, -0.1) is 0 Å². The number of aliphatic hydroxyl groups excluding tert-OH is 3. The van der Waals surface area contributed by atoms with Crippen molar-refractivity contribution in [1.29, 1.82) is 0 Å². The Morgan fingerprint density at radius 1 is 0.969 bits per heavy atom. The summed E-state index contributed by atoms with van der Waals surface area (Å²) in [5.74, 6) is 4.91. The van der Waals surface area contributed by atoms with Gasteiger partial charge in [0.2, 0.25) is 0 Å². The van der Waals surface area contributed by atoms with Crippen molar-refractivity contribution in [2.45, 2.75) is 184 Å². The number of esters is 1. The minimum absolute atomic E-state index is 0.0946. The van der Waals surface area contributed by atoms with E-state index < -0.39 is 69.0 Å². The number of ether oxygens (including phenoxy) is 1. The Hall–Kier alpha value is -2.62. The van der Waals surface area contributed by atoms with E-state index in [0.29, 0.717) is 68.8 Å². The molecule has 17 atom stereocenters. The monoisotopic (exact) mass is 896 g/mol. The van der Waals surface area contributed by atoms with Crippen LogP contribution >= 0.6 is 0 Å². The number of nitrogens with one attached hydrogen (secondary N) is 1. The molecule has 1 heterocycles. The smallest absolute Gasteiger partial charge is 0.331 e. The Morgan fingerprint density at radius 2 is 1.77 bits per heavy atom. The number of carbonyl (C=O) groups excluding carboxylic acids is 2. The van der Waals surface area contributed by atoms with Gasteiger partial charge in [-0.25, -0.2) is 4.79 Å². The number of carbonyl (C=O) groups is 2. The van der Waals surface area contributed by atoms with Gasteiger partial charge in [0.25, 0.3) is 0 Å². The minimum Gasteiger partial charge on any atom is -0.454 e. The van der Waals surface area contributed by atoms with Gasteiger partial charge in [0.1, 0.15) is 18.0 Å². The number of aliphatic hydroxyl groups is 6. The lowest BCUT2D eigenvalue weighted by Gasteiger charge is -2.73. The first kappa shape index (κ1) is 46.1. The lowest BCUT2D eigenvalue weighted by Crippen LogP contribution is -2.82. The molecule has 7 N–H and O–H groups in total. The molecule has 8 aliphatic carbocycles. The van der Waals surface area contributed by atoms with Gasteiger partial charge in [-0.2, -0.15) is 0 Å². The molecule has 1 aliphatic heterocycles. The fourth-order valence-electron chi connectivity index (χ4n) is 18.7. The van der Waals surface area contributed by atoms with E-state index in [0.717, 1.165) is 55.1 Å². The second-order valence-electron chi connectivity index (χ2n) is 23.3. The average molecular weight is 896 g/mol. The summed E-state index contributed by atoms with van der Waals surface area (Å²) < 4.78 is 6.32. The average Bonchev–Trinajstić information content (AvgIpc) is 4.01. The van der Waals surface area contributed by atoms with Gasteiger partial charge in [0.05, 0.1) is 35.9 Å². The molecule has 0 amide bonds. The van der Waals surface area contributed by atoms with Gasteiger partial charge < -0.3 is 45.5 Å². The standard InChI is InChI=1S/C55H77NO9/c1-4-5-6-15-37-27-50(31-58)46-20-22-51-21-10-9-14-35-16-11-17-38(30-57)41(35)25-45(56-3)42-24-39(52(51,32-59)44-26-47(60)65-49(42)44)29-54(51,63)53(46,62)28-40-23-36(33(2)34-12-7-8-13-34)18-19-43(48(37)61)55(40,50)64/h11,16-17,26,31,33-34,36-37,39-40,42-43,45-46,48-49,56-57,59,61-64H,4-8,10,12-13,15,18-25,27-30,32H2,1-3H3. The summed E-state index contributed by atoms with van der Waals surface area (Å²) in [6.07, 6.45) is 14.6. The Morgan fingerprint density at radius 3 is 2.49 bits per heavy atom. The van der Waals surface area contributed by atoms with Crippen LogP contribution in [0, 0.1) is 81.3 Å². The van der Waals surface area contributed by atoms with E-state index in [9.17, 15) is 40.2 Å². The summed E-state index contributed by atoms with van der Waals surface area (Å²) >= 11 is 0. The molecule has 0 saturated heterocycles. The summed E-state index contributed by atoms with van der Waals surface area (Å²) in [7, 11) is 1.90. The highest BCUT2D eigenvalue weighted by Gasteiger charge is 2.86. The Bertz CT molecular complexity index is 2110. The highest BCUT2D eigenvalue weighted by atomic mass is 16.5. The number of likely N-dealkylation sites (N-methyl/N-ethyl adjacent to an activating group) is 1. The van der Waals surface area contributed by atoms with Gasteiger partial charge >= 0.3 is 5.97 Å². The fraction of sp³-hybridized carbons (Fsp3) is 0.782. The Kier molecular flexibility index (Phi) is 11.9. The zero-order chi connectivity index (χ0) is 45.7. The molecule has 4 bridgehead atoms. The van der Waals surface area contributed by atoms with E-state index in [2.05, 4.69) is 31.0 Å². The molecule has 9 aliphatic rings.